The van der Waals surface area contributed by atoms with Gasteiger partial charge in [0.25, 0.3) is 5.91 Å². The second kappa shape index (κ2) is 11.8. The molecule has 0 radical (unpaired) electrons. The zero-order valence-corrected chi connectivity index (χ0v) is 17.9. The number of methoxy groups -OCH3 is 2. The third kappa shape index (κ3) is 5.69. The zero-order valence-electron chi connectivity index (χ0n) is 17.1. The van der Waals surface area contributed by atoms with Crippen LogP contribution in [0, 0.1) is 4.91 Å². The number of nitrogens with zero attached hydrogens (tertiary/aromatic N) is 4. The summed E-state index contributed by atoms with van der Waals surface area (Å²) in [5.74, 6) is 1.20. The molecule has 0 aliphatic heterocycles. The van der Waals surface area contributed by atoms with Gasteiger partial charge in [0.2, 0.25) is 5.82 Å². The summed E-state index contributed by atoms with van der Waals surface area (Å²) in [6.45, 7) is 1.84. The first-order chi connectivity index (χ1) is 14.6. The van der Waals surface area contributed by atoms with Crippen molar-refractivity contribution in [3.05, 3.63) is 47.2 Å². The molecular formula is C20H24N4O5S. The van der Waals surface area contributed by atoms with Crippen molar-refractivity contribution in [1.82, 2.24) is 14.8 Å². The summed E-state index contributed by atoms with van der Waals surface area (Å²) in [6.07, 6.45) is 6.34. The molecule has 0 bridgehead atoms. The van der Waals surface area contributed by atoms with E-state index in [1.54, 1.807) is 49.1 Å². The average molecular weight is 433 g/mol. The number of rotatable bonds is 11. The van der Waals surface area contributed by atoms with Crippen LogP contribution in [0.2, 0.25) is 0 Å². The molecule has 9 nitrogen and oxygen atoms in total. The maximum absolute atomic E-state index is 11.0. The van der Waals surface area contributed by atoms with Gasteiger partial charge in [-0.1, -0.05) is 30.0 Å². The van der Waals surface area contributed by atoms with Gasteiger partial charge in [-0.05, 0) is 38.0 Å². The Bertz CT molecular complexity index is 917. The summed E-state index contributed by atoms with van der Waals surface area (Å²) in [4.78, 5) is 21.2. The fourth-order valence-electron chi connectivity index (χ4n) is 2.63. The van der Waals surface area contributed by atoms with Crippen molar-refractivity contribution < 1.29 is 19.4 Å². The van der Waals surface area contributed by atoms with Crippen LogP contribution in [0.15, 0.2) is 46.8 Å². The van der Waals surface area contributed by atoms with Crippen molar-refractivity contribution in [2.24, 2.45) is 5.18 Å². The molecule has 0 aliphatic rings. The summed E-state index contributed by atoms with van der Waals surface area (Å²) in [5.41, 5.74) is 0.561. The van der Waals surface area contributed by atoms with Crippen molar-refractivity contribution in [3.8, 4) is 17.2 Å². The topological polar surface area (TPSA) is 116 Å². The van der Waals surface area contributed by atoms with Crippen LogP contribution in [0.3, 0.4) is 0 Å². The van der Waals surface area contributed by atoms with Gasteiger partial charge in [0.1, 0.15) is 17.2 Å². The van der Waals surface area contributed by atoms with Crippen LogP contribution in [-0.2, 0) is 4.79 Å². The van der Waals surface area contributed by atoms with E-state index in [-0.39, 0.29) is 18.0 Å². The summed E-state index contributed by atoms with van der Waals surface area (Å²) >= 11 is 1.40. The summed E-state index contributed by atoms with van der Waals surface area (Å²) in [6, 6.07) is 5.35. The van der Waals surface area contributed by atoms with E-state index in [4.69, 9.17) is 9.47 Å². The highest BCUT2D eigenvalue weighted by Crippen LogP contribution is 2.37. The fourth-order valence-corrected chi connectivity index (χ4v) is 3.57. The van der Waals surface area contributed by atoms with Crippen LogP contribution < -0.4 is 9.47 Å². The lowest BCUT2D eigenvalue weighted by molar-refractivity contribution is -0.118. The number of hydrogen-bond donors (Lipinski definition) is 1. The third-order valence-corrected chi connectivity index (χ3v) is 5.07. The Hall–Kier alpha value is -3.14. The fraction of sp³-hybridized carbons (Fsp3) is 0.350. The number of aliphatic hydroxyl groups is 1. The number of ether oxygens (including phenoxy) is 2. The minimum Gasteiger partial charge on any atom is -0.504 e. The summed E-state index contributed by atoms with van der Waals surface area (Å²) in [7, 11) is 3.09. The number of thioether (sulfide) groups is 1. The minimum atomic E-state index is -0.650. The molecule has 10 heteroatoms. The molecule has 1 aromatic carbocycles. The highest BCUT2D eigenvalue weighted by molar-refractivity contribution is 7.99. The van der Waals surface area contributed by atoms with E-state index in [1.807, 2.05) is 6.92 Å². The lowest BCUT2D eigenvalue weighted by Crippen LogP contribution is -2.07. The van der Waals surface area contributed by atoms with Crippen LogP contribution in [0.1, 0.15) is 32.0 Å². The van der Waals surface area contributed by atoms with Crippen molar-refractivity contribution >= 4 is 23.4 Å². The molecule has 0 atom stereocenters. The molecule has 2 rings (SSSR count). The maximum atomic E-state index is 11.0. The largest absolute Gasteiger partial charge is 0.504 e. The Morgan fingerprint density at radius 1 is 1.23 bits per heavy atom. The van der Waals surface area contributed by atoms with Crippen LogP contribution in [0.5, 0.6) is 11.5 Å². The lowest BCUT2D eigenvalue weighted by atomic mass is 10.2. The maximum Gasteiger partial charge on any atom is 0.286 e. The number of carbonyl (C=O) groups excluding carboxylic acids is 1. The lowest BCUT2D eigenvalue weighted by Gasteiger charge is -2.16. The Morgan fingerprint density at radius 3 is 2.53 bits per heavy atom. The van der Waals surface area contributed by atoms with Gasteiger partial charge in [0, 0.05) is 17.4 Å². The molecule has 1 heterocycles. The molecule has 0 spiro atoms. The number of benzene rings is 1. The molecule has 0 fully saturated rings. The first-order valence-electron chi connectivity index (χ1n) is 9.25. The molecule has 30 heavy (non-hydrogen) atoms. The molecule has 0 aliphatic carbocycles. The van der Waals surface area contributed by atoms with E-state index in [0.29, 0.717) is 40.9 Å². The third-order valence-electron chi connectivity index (χ3n) is 4.05. The van der Waals surface area contributed by atoms with Gasteiger partial charge in [-0.2, -0.15) is 0 Å². The Morgan fingerprint density at radius 2 is 1.93 bits per heavy atom. The standard InChI is InChI=1S/C20H24N4O5S/c1-4-5-9-14(25)19-21-22-20(30-13-7-6-12-17(26)23-27)24(19)18-15(28-2)10-8-11-16(18)29-3/h4-5,8-11,25H,6-7,12-13H2,1-3H3/b5-4+,14-9-. The number of nitroso groups, excluding NO2 is 1. The SMILES string of the molecule is C/C=C/C=C(\O)c1nnc(SCCCCC(=O)N=O)n1-c1c(OC)cccc1OC. The number of hydrogen-bond acceptors (Lipinski definition) is 8. The quantitative estimate of drug-likeness (QED) is 0.183. The predicted molar refractivity (Wildman–Crippen MR) is 115 cm³/mol. The van der Waals surface area contributed by atoms with Crippen LogP contribution >= 0.6 is 11.8 Å². The highest BCUT2D eigenvalue weighted by atomic mass is 32.2. The van der Waals surface area contributed by atoms with Gasteiger partial charge in [-0.15, -0.1) is 15.1 Å². The monoisotopic (exact) mass is 432 g/mol. The Labute approximate surface area is 178 Å². The van der Waals surface area contributed by atoms with Gasteiger partial charge < -0.3 is 14.6 Å². The summed E-state index contributed by atoms with van der Waals surface area (Å²) in [5, 5.41) is 21.8. The molecule has 2 aromatic rings. The van der Waals surface area contributed by atoms with Crippen LogP contribution in [0.4, 0.5) is 0 Å². The minimum absolute atomic E-state index is 0.0666. The molecule has 160 valence electrons. The zero-order chi connectivity index (χ0) is 21.9. The number of aliphatic hydroxyl groups excluding tert-OH is 1. The molecule has 1 N–H and O–H groups in total. The van der Waals surface area contributed by atoms with Gasteiger partial charge in [-0.3, -0.25) is 9.36 Å². The normalized spacial score (nSPS) is 11.6. The van der Waals surface area contributed by atoms with E-state index in [1.165, 1.54) is 17.8 Å². The average Bonchev–Trinajstić information content (AvgIpc) is 3.19. The Kier molecular flexibility index (Phi) is 9.07. The van der Waals surface area contributed by atoms with Crippen LogP contribution in [-0.4, -0.2) is 45.8 Å². The number of allylic oxidation sites excluding steroid dienone is 3. The number of carbonyl (C=O) groups is 1. The molecule has 0 saturated carbocycles. The molecule has 1 amide bonds. The van der Waals surface area contributed by atoms with E-state index < -0.39 is 5.91 Å². The predicted octanol–water partition coefficient (Wildman–Crippen LogP) is 4.31. The van der Waals surface area contributed by atoms with Gasteiger partial charge in [0.05, 0.1) is 14.2 Å². The molecule has 0 saturated heterocycles. The number of unbranched alkanes of at least 4 members (excludes halogenated alkanes) is 1. The number of para-hydroxylation sites is 1. The van der Waals surface area contributed by atoms with Crippen molar-refractivity contribution in [3.63, 3.8) is 0 Å². The van der Waals surface area contributed by atoms with Crippen LogP contribution in [0.25, 0.3) is 11.4 Å². The van der Waals surface area contributed by atoms with E-state index >= 15 is 0 Å². The van der Waals surface area contributed by atoms with E-state index in [9.17, 15) is 14.8 Å². The smallest absolute Gasteiger partial charge is 0.286 e. The molecule has 1 aromatic heterocycles. The van der Waals surface area contributed by atoms with Gasteiger partial charge in [-0.25, -0.2) is 0 Å². The Balaban J connectivity index is 2.42. The van der Waals surface area contributed by atoms with Gasteiger partial charge >= 0.3 is 0 Å². The number of aromatic nitrogens is 3. The first kappa shape index (κ1) is 23.1. The number of amides is 1. The second-order valence-electron chi connectivity index (χ2n) is 6.02. The highest BCUT2D eigenvalue weighted by Gasteiger charge is 2.23. The van der Waals surface area contributed by atoms with Crippen molar-refractivity contribution in [2.45, 2.75) is 31.3 Å². The summed E-state index contributed by atoms with van der Waals surface area (Å²) < 4.78 is 12.7. The van der Waals surface area contributed by atoms with Crippen molar-refractivity contribution in [2.75, 3.05) is 20.0 Å². The first-order valence-corrected chi connectivity index (χ1v) is 10.2. The second-order valence-corrected chi connectivity index (χ2v) is 7.08. The van der Waals surface area contributed by atoms with E-state index in [2.05, 4.69) is 15.4 Å². The van der Waals surface area contributed by atoms with E-state index in [0.717, 1.165) is 0 Å². The van der Waals surface area contributed by atoms with Gasteiger partial charge in [0.15, 0.2) is 10.9 Å². The molecule has 0 unspecified atom stereocenters. The molecular weight excluding hydrogens is 408 g/mol. The van der Waals surface area contributed by atoms with Crippen molar-refractivity contribution in [1.29, 1.82) is 0 Å².